The fourth-order valence-electron chi connectivity index (χ4n) is 2.15. The highest BCUT2D eigenvalue weighted by Crippen LogP contribution is 2.38. The minimum atomic E-state index is -0.104. The Balaban J connectivity index is 2.10. The summed E-state index contributed by atoms with van der Waals surface area (Å²) in [6.07, 6.45) is 0. The van der Waals surface area contributed by atoms with Crippen LogP contribution in [0, 0.1) is 6.92 Å². The minimum Gasteiger partial charge on any atom is -0.352 e. The Hall–Kier alpha value is -1.49. The van der Waals surface area contributed by atoms with E-state index in [1.807, 2.05) is 45.0 Å². The van der Waals surface area contributed by atoms with E-state index >= 15 is 0 Å². The van der Waals surface area contributed by atoms with Gasteiger partial charge in [-0.25, -0.2) is 0 Å². The molecule has 1 aliphatic heterocycles. The van der Waals surface area contributed by atoms with Crippen molar-refractivity contribution in [2.45, 2.75) is 32.2 Å². The van der Waals surface area contributed by atoms with E-state index in [0.717, 1.165) is 5.56 Å². The van der Waals surface area contributed by atoms with E-state index in [9.17, 15) is 9.59 Å². The molecule has 1 saturated heterocycles. The molecule has 0 bridgehead atoms. The first kappa shape index (κ1) is 14.9. The molecule has 1 N–H and O–H groups in total. The molecule has 1 heterocycles. The normalized spacial score (nSPS) is 18.7. The van der Waals surface area contributed by atoms with Crippen molar-refractivity contribution in [2.24, 2.45) is 0 Å². The zero-order valence-corrected chi connectivity index (χ0v) is 12.9. The molecule has 20 heavy (non-hydrogen) atoms. The lowest BCUT2D eigenvalue weighted by Crippen LogP contribution is -2.41. The van der Waals surface area contributed by atoms with E-state index in [0.29, 0.717) is 5.75 Å². The molecule has 1 atom stereocenters. The second kappa shape index (κ2) is 6.31. The number of rotatable bonds is 4. The maximum atomic E-state index is 12.0. The van der Waals surface area contributed by atoms with Crippen LogP contribution in [0.3, 0.4) is 0 Å². The average molecular weight is 292 g/mol. The van der Waals surface area contributed by atoms with E-state index in [4.69, 9.17) is 0 Å². The van der Waals surface area contributed by atoms with Gasteiger partial charge < -0.3 is 10.2 Å². The molecule has 1 aromatic rings. The summed E-state index contributed by atoms with van der Waals surface area (Å²) in [5, 5.41) is 2.77. The van der Waals surface area contributed by atoms with Crippen molar-refractivity contribution in [2.75, 3.05) is 12.3 Å². The Labute approximate surface area is 123 Å². The molecule has 0 spiro atoms. The monoisotopic (exact) mass is 292 g/mol. The highest BCUT2D eigenvalue weighted by atomic mass is 32.2. The Morgan fingerprint density at radius 3 is 2.65 bits per heavy atom. The lowest BCUT2D eigenvalue weighted by molar-refractivity contribution is -0.134. The van der Waals surface area contributed by atoms with Crippen molar-refractivity contribution in [3.8, 4) is 0 Å². The quantitative estimate of drug-likeness (QED) is 0.924. The van der Waals surface area contributed by atoms with E-state index in [1.54, 1.807) is 16.7 Å². The number of hydrogen-bond acceptors (Lipinski definition) is 3. The van der Waals surface area contributed by atoms with Gasteiger partial charge in [-0.15, -0.1) is 11.8 Å². The topological polar surface area (TPSA) is 49.4 Å². The van der Waals surface area contributed by atoms with E-state index < -0.39 is 0 Å². The standard InChI is InChI=1S/C15H20N2O2S/c1-10(2)16-13(18)8-17-14(19)9-20-15(17)12-6-4-11(3)5-7-12/h4-7,10,15H,8-9H2,1-3H3,(H,16,18). The largest absolute Gasteiger partial charge is 0.352 e. The van der Waals surface area contributed by atoms with Crippen molar-refractivity contribution in [3.63, 3.8) is 0 Å². The maximum Gasteiger partial charge on any atom is 0.239 e. The van der Waals surface area contributed by atoms with Crippen molar-refractivity contribution in [3.05, 3.63) is 35.4 Å². The lowest BCUT2D eigenvalue weighted by atomic mass is 10.1. The molecule has 4 nitrogen and oxygen atoms in total. The molecule has 1 aromatic carbocycles. The smallest absolute Gasteiger partial charge is 0.239 e. The lowest BCUT2D eigenvalue weighted by Gasteiger charge is -2.24. The molecule has 0 aliphatic carbocycles. The van der Waals surface area contributed by atoms with Gasteiger partial charge in [0.1, 0.15) is 11.9 Å². The maximum absolute atomic E-state index is 12.0. The predicted molar refractivity (Wildman–Crippen MR) is 81.4 cm³/mol. The Kier molecular flexibility index (Phi) is 4.70. The van der Waals surface area contributed by atoms with Gasteiger partial charge in [-0.1, -0.05) is 29.8 Å². The summed E-state index contributed by atoms with van der Waals surface area (Å²) < 4.78 is 0. The molecule has 0 radical (unpaired) electrons. The summed E-state index contributed by atoms with van der Waals surface area (Å²) in [4.78, 5) is 25.5. The van der Waals surface area contributed by atoms with Gasteiger partial charge in [0, 0.05) is 6.04 Å². The van der Waals surface area contributed by atoms with Crippen LogP contribution in [0.2, 0.25) is 0 Å². The zero-order chi connectivity index (χ0) is 14.7. The number of nitrogens with zero attached hydrogens (tertiary/aromatic N) is 1. The summed E-state index contributed by atoms with van der Waals surface area (Å²) in [5.74, 6) is 0.362. The summed E-state index contributed by atoms with van der Waals surface area (Å²) >= 11 is 1.57. The molecule has 108 valence electrons. The molecule has 0 aromatic heterocycles. The Bertz CT molecular complexity index is 499. The Morgan fingerprint density at radius 2 is 2.05 bits per heavy atom. The number of carbonyl (C=O) groups excluding carboxylic acids is 2. The molecular weight excluding hydrogens is 272 g/mol. The molecular formula is C15H20N2O2S. The first-order valence-electron chi connectivity index (χ1n) is 6.74. The van der Waals surface area contributed by atoms with Crippen LogP contribution in [0.25, 0.3) is 0 Å². The van der Waals surface area contributed by atoms with Crippen molar-refractivity contribution in [1.29, 1.82) is 0 Å². The number of nitrogens with one attached hydrogen (secondary N) is 1. The van der Waals surface area contributed by atoms with E-state index in [2.05, 4.69) is 5.32 Å². The third kappa shape index (κ3) is 3.54. The van der Waals surface area contributed by atoms with Gasteiger partial charge in [0.05, 0.1) is 5.75 Å². The van der Waals surface area contributed by atoms with Crippen LogP contribution in [0.4, 0.5) is 0 Å². The number of aryl methyl sites for hydroxylation is 1. The summed E-state index contributed by atoms with van der Waals surface area (Å²) in [6.45, 7) is 5.99. The van der Waals surface area contributed by atoms with Crippen LogP contribution in [0.15, 0.2) is 24.3 Å². The van der Waals surface area contributed by atoms with Gasteiger partial charge >= 0.3 is 0 Å². The summed E-state index contributed by atoms with van der Waals surface area (Å²) in [5.41, 5.74) is 2.26. The molecule has 1 aliphatic rings. The second-order valence-electron chi connectivity index (χ2n) is 5.32. The number of hydrogen-bond donors (Lipinski definition) is 1. The van der Waals surface area contributed by atoms with Gasteiger partial charge in [0.15, 0.2) is 0 Å². The van der Waals surface area contributed by atoms with E-state index in [-0.39, 0.29) is 29.8 Å². The van der Waals surface area contributed by atoms with Crippen LogP contribution in [-0.4, -0.2) is 35.1 Å². The highest BCUT2D eigenvalue weighted by Gasteiger charge is 2.33. The van der Waals surface area contributed by atoms with Crippen molar-refractivity contribution >= 4 is 23.6 Å². The SMILES string of the molecule is Cc1ccc(C2SCC(=O)N2CC(=O)NC(C)C)cc1. The third-order valence-corrected chi connectivity index (χ3v) is 4.35. The van der Waals surface area contributed by atoms with Gasteiger partial charge in [-0.3, -0.25) is 9.59 Å². The second-order valence-corrected chi connectivity index (χ2v) is 6.39. The number of benzene rings is 1. The van der Waals surface area contributed by atoms with Gasteiger partial charge in [0.2, 0.25) is 11.8 Å². The molecule has 5 heteroatoms. The molecule has 1 unspecified atom stereocenters. The first-order chi connectivity index (χ1) is 9.47. The number of thioether (sulfide) groups is 1. The molecule has 1 fully saturated rings. The van der Waals surface area contributed by atoms with Crippen LogP contribution >= 0.6 is 11.8 Å². The van der Waals surface area contributed by atoms with Crippen LogP contribution in [0.5, 0.6) is 0 Å². The molecule has 2 amide bonds. The summed E-state index contributed by atoms with van der Waals surface area (Å²) in [6, 6.07) is 8.21. The van der Waals surface area contributed by atoms with Gasteiger partial charge in [-0.2, -0.15) is 0 Å². The fraction of sp³-hybridized carbons (Fsp3) is 0.467. The van der Waals surface area contributed by atoms with Crippen molar-refractivity contribution in [1.82, 2.24) is 10.2 Å². The molecule has 2 rings (SSSR count). The zero-order valence-electron chi connectivity index (χ0n) is 12.1. The molecule has 0 saturated carbocycles. The average Bonchev–Trinajstić information content (AvgIpc) is 2.71. The van der Waals surface area contributed by atoms with Gasteiger partial charge in [0.25, 0.3) is 0 Å². The van der Waals surface area contributed by atoms with Crippen LogP contribution in [0.1, 0.15) is 30.3 Å². The highest BCUT2D eigenvalue weighted by molar-refractivity contribution is 8.00. The minimum absolute atomic E-state index is 0.0273. The van der Waals surface area contributed by atoms with Gasteiger partial charge in [-0.05, 0) is 26.3 Å². The predicted octanol–water partition coefficient (Wildman–Crippen LogP) is 2.09. The summed E-state index contributed by atoms with van der Waals surface area (Å²) in [7, 11) is 0. The van der Waals surface area contributed by atoms with E-state index in [1.165, 1.54) is 5.56 Å². The fourth-order valence-corrected chi connectivity index (χ4v) is 3.34. The van der Waals surface area contributed by atoms with Crippen LogP contribution < -0.4 is 5.32 Å². The third-order valence-electron chi connectivity index (χ3n) is 3.09. The number of carbonyl (C=O) groups is 2. The van der Waals surface area contributed by atoms with Crippen molar-refractivity contribution < 1.29 is 9.59 Å². The van der Waals surface area contributed by atoms with Crippen LogP contribution in [-0.2, 0) is 9.59 Å². The Morgan fingerprint density at radius 1 is 1.40 bits per heavy atom. The number of amides is 2. The first-order valence-corrected chi connectivity index (χ1v) is 7.79.